The van der Waals surface area contributed by atoms with Gasteiger partial charge in [0.1, 0.15) is 5.82 Å². The molecule has 1 aliphatic rings. The van der Waals surface area contributed by atoms with Gasteiger partial charge in [-0.3, -0.25) is 0 Å². The average Bonchev–Trinajstić information content (AvgIpc) is 2.61. The maximum Gasteiger partial charge on any atom is 0.417 e. The summed E-state index contributed by atoms with van der Waals surface area (Å²) < 4.78 is 66.0. The number of benzene rings is 1. The first kappa shape index (κ1) is 21.2. The van der Waals surface area contributed by atoms with E-state index in [2.05, 4.69) is 9.71 Å². The van der Waals surface area contributed by atoms with Crippen molar-refractivity contribution in [2.45, 2.75) is 30.0 Å². The van der Waals surface area contributed by atoms with Crippen molar-refractivity contribution in [1.29, 1.82) is 0 Å². The molecule has 1 aromatic heterocycles. The first-order valence-corrected chi connectivity index (χ1v) is 10.6. The zero-order valence-corrected chi connectivity index (χ0v) is 16.7. The zero-order valence-electron chi connectivity index (χ0n) is 14.4. The van der Waals surface area contributed by atoms with Crippen molar-refractivity contribution in [2.75, 3.05) is 18.0 Å². The van der Waals surface area contributed by atoms with Crippen LogP contribution < -0.4 is 9.62 Å². The molecule has 0 spiro atoms. The van der Waals surface area contributed by atoms with Gasteiger partial charge in [0.05, 0.1) is 15.5 Å². The molecular weight excluding hydrogens is 438 g/mol. The fourth-order valence-electron chi connectivity index (χ4n) is 2.99. The lowest BCUT2D eigenvalue weighted by molar-refractivity contribution is -0.137. The third kappa shape index (κ3) is 4.89. The van der Waals surface area contributed by atoms with Crippen molar-refractivity contribution < 1.29 is 21.6 Å². The summed E-state index contributed by atoms with van der Waals surface area (Å²) in [5, 5.41) is 0.293. The van der Waals surface area contributed by atoms with E-state index >= 15 is 0 Å². The number of rotatable bonds is 4. The number of aromatic nitrogens is 1. The highest BCUT2D eigenvalue weighted by Crippen LogP contribution is 2.34. The molecule has 3 rings (SSSR count). The number of nitrogens with one attached hydrogen (secondary N) is 1. The summed E-state index contributed by atoms with van der Waals surface area (Å²) in [5.74, 6) is 0.199. The molecule has 0 saturated carbocycles. The van der Waals surface area contributed by atoms with Crippen molar-refractivity contribution in [3.05, 3.63) is 52.1 Å². The second-order valence-corrected chi connectivity index (χ2v) is 8.95. The van der Waals surface area contributed by atoms with Gasteiger partial charge >= 0.3 is 6.18 Å². The van der Waals surface area contributed by atoms with E-state index in [0.717, 1.165) is 12.3 Å². The third-order valence-electron chi connectivity index (χ3n) is 4.32. The summed E-state index contributed by atoms with van der Waals surface area (Å²) in [7, 11) is -3.76. The molecule has 0 bridgehead atoms. The van der Waals surface area contributed by atoms with Crippen LogP contribution in [0, 0.1) is 0 Å². The largest absolute Gasteiger partial charge is 0.417 e. The fraction of sp³-hybridized carbons (Fsp3) is 0.353. The molecule has 1 unspecified atom stereocenters. The van der Waals surface area contributed by atoms with E-state index in [1.54, 1.807) is 4.90 Å². The van der Waals surface area contributed by atoms with Crippen LogP contribution >= 0.6 is 23.2 Å². The van der Waals surface area contributed by atoms with Crippen molar-refractivity contribution in [3.63, 3.8) is 0 Å². The van der Waals surface area contributed by atoms with Crippen LogP contribution in [0.4, 0.5) is 19.0 Å². The lowest BCUT2D eigenvalue weighted by Crippen LogP contribution is -2.48. The normalized spacial score (nSPS) is 18.3. The second-order valence-electron chi connectivity index (χ2n) is 6.39. The Balaban J connectivity index is 1.75. The van der Waals surface area contributed by atoms with E-state index < -0.39 is 27.8 Å². The van der Waals surface area contributed by atoms with E-state index in [-0.39, 0.29) is 22.3 Å². The lowest BCUT2D eigenvalue weighted by Gasteiger charge is -2.34. The molecule has 1 fully saturated rings. The van der Waals surface area contributed by atoms with Gasteiger partial charge in [0.2, 0.25) is 10.0 Å². The molecule has 0 radical (unpaired) electrons. The summed E-state index contributed by atoms with van der Waals surface area (Å²) in [6, 6.07) is 6.16. The van der Waals surface area contributed by atoms with Crippen LogP contribution in [0.3, 0.4) is 0 Å². The summed E-state index contributed by atoms with van der Waals surface area (Å²) in [6.45, 7) is 0.752. The van der Waals surface area contributed by atoms with Gasteiger partial charge in [-0.25, -0.2) is 18.1 Å². The SMILES string of the molecule is O=S(=O)(NC1CCCN(c2ncc(C(F)(F)F)cc2Cl)C1)c1ccc(Cl)cc1. The van der Waals surface area contributed by atoms with Crippen LogP contribution in [0.25, 0.3) is 0 Å². The van der Waals surface area contributed by atoms with Gasteiger partial charge in [-0.2, -0.15) is 13.2 Å². The standard InChI is InChI=1S/C17H16Cl2F3N3O2S/c18-12-3-5-14(6-4-12)28(26,27)24-13-2-1-7-25(10-13)16-15(19)8-11(9-23-16)17(20,21)22/h3-6,8-9,13,24H,1-2,7,10H2. The highest BCUT2D eigenvalue weighted by atomic mass is 35.5. The zero-order chi connectivity index (χ0) is 20.5. The summed E-state index contributed by atoms with van der Waals surface area (Å²) in [4.78, 5) is 5.61. The Hall–Kier alpha value is -1.55. The van der Waals surface area contributed by atoms with Crippen LogP contribution in [-0.2, 0) is 16.2 Å². The Morgan fingerprint density at radius 3 is 2.46 bits per heavy atom. The number of hydrogen-bond acceptors (Lipinski definition) is 4. The number of anilines is 1. The molecule has 0 aliphatic carbocycles. The minimum Gasteiger partial charge on any atom is -0.354 e. The maximum atomic E-state index is 12.8. The van der Waals surface area contributed by atoms with Crippen molar-refractivity contribution in [1.82, 2.24) is 9.71 Å². The highest BCUT2D eigenvalue weighted by molar-refractivity contribution is 7.89. The van der Waals surface area contributed by atoms with E-state index in [4.69, 9.17) is 23.2 Å². The smallest absolute Gasteiger partial charge is 0.354 e. The Morgan fingerprint density at radius 1 is 1.18 bits per heavy atom. The molecule has 1 aromatic carbocycles. The number of halogens is 5. The molecule has 152 valence electrons. The first-order valence-electron chi connectivity index (χ1n) is 8.32. The van der Waals surface area contributed by atoms with Crippen LogP contribution in [0.5, 0.6) is 0 Å². The van der Waals surface area contributed by atoms with Crippen LogP contribution in [0.15, 0.2) is 41.4 Å². The molecule has 2 aromatic rings. The number of hydrogen-bond donors (Lipinski definition) is 1. The quantitative estimate of drug-likeness (QED) is 0.746. The topological polar surface area (TPSA) is 62.3 Å². The van der Waals surface area contributed by atoms with Gasteiger partial charge in [-0.15, -0.1) is 0 Å². The van der Waals surface area contributed by atoms with Gasteiger partial charge in [0, 0.05) is 30.4 Å². The van der Waals surface area contributed by atoms with E-state index in [0.29, 0.717) is 24.4 Å². The van der Waals surface area contributed by atoms with Gasteiger partial charge in [0.15, 0.2) is 0 Å². The second kappa shape index (κ2) is 8.06. The van der Waals surface area contributed by atoms with E-state index in [1.165, 1.54) is 24.3 Å². The molecule has 5 nitrogen and oxygen atoms in total. The minimum atomic E-state index is -4.53. The van der Waals surface area contributed by atoms with Gasteiger partial charge in [-0.1, -0.05) is 23.2 Å². The van der Waals surface area contributed by atoms with E-state index in [9.17, 15) is 21.6 Å². The van der Waals surface area contributed by atoms with Crippen LogP contribution in [-0.4, -0.2) is 32.5 Å². The Kier molecular flexibility index (Phi) is 6.09. The number of piperidine rings is 1. The monoisotopic (exact) mass is 453 g/mol. The molecule has 0 amide bonds. The molecule has 11 heteroatoms. The highest BCUT2D eigenvalue weighted by Gasteiger charge is 2.33. The van der Waals surface area contributed by atoms with Gasteiger partial charge in [0.25, 0.3) is 0 Å². The molecule has 2 heterocycles. The predicted octanol–water partition coefficient (Wildman–Crippen LogP) is 4.35. The molecule has 1 N–H and O–H groups in total. The van der Waals surface area contributed by atoms with Crippen LogP contribution in [0.2, 0.25) is 10.0 Å². The van der Waals surface area contributed by atoms with Crippen molar-refractivity contribution in [3.8, 4) is 0 Å². The number of alkyl halides is 3. The third-order valence-corrected chi connectivity index (χ3v) is 6.38. The molecule has 28 heavy (non-hydrogen) atoms. The fourth-order valence-corrected chi connectivity index (χ4v) is 4.66. The number of pyridine rings is 1. The Bertz CT molecular complexity index is 953. The predicted molar refractivity (Wildman–Crippen MR) is 101 cm³/mol. The molecular formula is C17H16Cl2F3N3O2S. The molecule has 1 saturated heterocycles. The van der Waals surface area contributed by atoms with Gasteiger partial charge < -0.3 is 4.90 Å². The van der Waals surface area contributed by atoms with Crippen LogP contribution in [0.1, 0.15) is 18.4 Å². The molecule has 1 atom stereocenters. The van der Waals surface area contributed by atoms with Crippen molar-refractivity contribution in [2.24, 2.45) is 0 Å². The number of sulfonamides is 1. The Labute approximate surface area is 170 Å². The van der Waals surface area contributed by atoms with Crippen molar-refractivity contribution >= 4 is 39.0 Å². The average molecular weight is 454 g/mol. The van der Waals surface area contributed by atoms with E-state index in [1.807, 2.05) is 0 Å². The minimum absolute atomic E-state index is 0.0831. The Morgan fingerprint density at radius 2 is 1.86 bits per heavy atom. The van der Waals surface area contributed by atoms with Gasteiger partial charge in [-0.05, 0) is 43.2 Å². The number of nitrogens with zero attached hydrogens (tertiary/aromatic N) is 2. The maximum absolute atomic E-state index is 12.8. The summed E-state index contributed by atoms with van der Waals surface area (Å²) in [6.07, 6.45) is -2.59. The summed E-state index contributed by atoms with van der Waals surface area (Å²) >= 11 is 11.8. The lowest BCUT2D eigenvalue weighted by atomic mass is 10.1. The summed E-state index contributed by atoms with van der Waals surface area (Å²) in [5.41, 5.74) is -0.932. The molecule has 1 aliphatic heterocycles. The first-order chi connectivity index (χ1) is 13.1.